The fourth-order valence-corrected chi connectivity index (χ4v) is 3.39. The van der Waals surface area contributed by atoms with Crippen LogP contribution in [0.15, 0.2) is 24.3 Å². The van der Waals surface area contributed by atoms with Crippen LogP contribution in [0.2, 0.25) is 0 Å². The topological polar surface area (TPSA) is 80.1 Å². The summed E-state index contributed by atoms with van der Waals surface area (Å²) in [6.07, 6.45) is -3.18. The predicted octanol–water partition coefficient (Wildman–Crippen LogP) is 2.80. The van der Waals surface area contributed by atoms with E-state index < -0.39 is 35.2 Å². The van der Waals surface area contributed by atoms with Gasteiger partial charge >= 0.3 is 6.18 Å². The first kappa shape index (κ1) is 21.7. The van der Waals surface area contributed by atoms with Crippen molar-refractivity contribution in [3.63, 3.8) is 0 Å². The molecule has 162 valence electrons. The van der Waals surface area contributed by atoms with E-state index in [1.807, 2.05) is 6.92 Å². The van der Waals surface area contributed by atoms with Crippen LogP contribution in [0.5, 0.6) is 0 Å². The maximum atomic E-state index is 13.8. The molecule has 1 N–H and O–H groups in total. The molecule has 1 aliphatic rings. The molecule has 1 atom stereocenters. The first-order valence-corrected chi connectivity index (χ1v) is 9.58. The lowest BCUT2D eigenvalue weighted by Gasteiger charge is -2.31. The Morgan fingerprint density at radius 3 is 2.73 bits per heavy atom. The maximum Gasteiger partial charge on any atom is 0.435 e. The van der Waals surface area contributed by atoms with E-state index in [0.29, 0.717) is 24.1 Å². The number of halogens is 4. The standard InChI is InChI=1S/C19H21F4N5O2/c1-2-8-24-17(29)12-5-4-9-27(11-12)18(30)15-16(19(21,22)23)28(26-25-15)14-7-3-6-13(20)10-14/h3,6-7,10,12H,2,4-5,8-9,11H2,1H3,(H,24,29). The third kappa shape index (κ3) is 4.60. The molecule has 2 aromatic rings. The number of piperidine rings is 1. The Hall–Kier alpha value is -2.98. The molecule has 0 radical (unpaired) electrons. The summed E-state index contributed by atoms with van der Waals surface area (Å²) in [6, 6.07) is 4.42. The Morgan fingerprint density at radius 2 is 2.07 bits per heavy atom. The van der Waals surface area contributed by atoms with Crippen LogP contribution in [0.3, 0.4) is 0 Å². The van der Waals surface area contributed by atoms with Crippen molar-refractivity contribution < 1.29 is 27.2 Å². The summed E-state index contributed by atoms with van der Waals surface area (Å²) < 4.78 is 55.2. The zero-order chi connectivity index (χ0) is 21.9. The van der Waals surface area contributed by atoms with Crippen molar-refractivity contribution in [3.8, 4) is 5.69 Å². The molecular formula is C19H21F4N5O2. The van der Waals surface area contributed by atoms with Gasteiger partial charge in [0.15, 0.2) is 11.4 Å². The number of hydrogen-bond donors (Lipinski definition) is 1. The predicted molar refractivity (Wildman–Crippen MR) is 98.2 cm³/mol. The van der Waals surface area contributed by atoms with E-state index in [9.17, 15) is 27.2 Å². The van der Waals surface area contributed by atoms with Crippen LogP contribution < -0.4 is 5.32 Å². The number of aromatic nitrogens is 3. The Kier molecular flexibility index (Phi) is 6.37. The summed E-state index contributed by atoms with van der Waals surface area (Å²) in [7, 11) is 0. The van der Waals surface area contributed by atoms with Gasteiger partial charge in [0.25, 0.3) is 5.91 Å². The number of benzene rings is 1. The number of nitrogens with one attached hydrogen (secondary N) is 1. The quantitative estimate of drug-likeness (QED) is 0.745. The largest absolute Gasteiger partial charge is 0.435 e. The highest BCUT2D eigenvalue weighted by Gasteiger charge is 2.43. The van der Waals surface area contributed by atoms with Crippen molar-refractivity contribution in [2.24, 2.45) is 5.92 Å². The minimum atomic E-state index is -4.95. The van der Waals surface area contributed by atoms with E-state index in [1.165, 1.54) is 17.0 Å². The molecule has 3 rings (SSSR count). The third-order valence-electron chi connectivity index (χ3n) is 4.82. The summed E-state index contributed by atoms with van der Waals surface area (Å²) in [5.74, 6) is -2.44. The van der Waals surface area contributed by atoms with Gasteiger partial charge in [-0.05, 0) is 37.5 Å². The van der Waals surface area contributed by atoms with Crippen LogP contribution in [0.1, 0.15) is 42.4 Å². The smallest absolute Gasteiger partial charge is 0.356 e. The van der Waals surface area contributed by atoms with Crippen molar-refractivity contribution in [3.05, 3.63) is 41.5 Å². The van der Waals surface area contributed by atoms with Gasteiger partial charge < -0.3 is 10.2 Å². The van der Waals surface area contributed by atoms with E-state index >= 15 is 0 Å². The number of hydrogen-bond acceptors (Lipinski definition) is 4. The molecule has 1 aliphatic heterocycles. The minimum Gasteiger partial charge on any atom is -0.356 e. The maximum absolute atomic E-state index is 13.8. The van der Waals surface area contributed by atoms with Gasteiger partial charge in [-0.25, -0.2) is 9.07 Å². The Labute approximate surface area is 170 Å². The van der Waals surface area contributed by atoms with Gasteiger partial charge in [0, 0.05) is 19.6 Å². The zero-order valence-corrected chi connectivity index (χ0v) is 16.2. The fraction of sp³-hybridized carbons (Fsp3) is 0.474. The summed E-state index contributed by atoms with van der Waals surface area (Å²) in [5, 5.41) is 9.66. The Balaban J connectivity index is 1.90. The molecule has 0 bridgehead atoms. The molecule has 0 saturated carbocycles. The van der Waals surface area contributed by atoms with Gasteiger partial charge in [-0.3, -0.25) is 9.59 Å². The first-order chi connectivity index (χ1) is 14.2. The van der Waals surface area contributed by atoms with Crippen LogP contribution in [-0.2, 0) is 11.0 Å². The summed E-state index contributed by atoms with van der Waals surface area (Å²) >= 11 is 0. The highest BCUT2D eigenvalue weighted by Crippen LogP contribution is 2.33. The summed E-state index contributed by atoms with van der Waals surface area (Å²) in [4.78, 5) is 26.3. The van der Waals surface area contributed by atoms with E-state index in [4.69, 9.17) is 0 Å². The SMILES string of the molecule is CCCNC(=O)C1CCCN(C(=O)c2nnn(-c3cccc(F)c3)c2C(F)(F)F)C1. The Bertz CT molecular complexity index is 928. The summed E-state index contributed by atoms with van der Waals surface area (Å²) in [6.45, 7) is 2.60. The molecule has 1 aromatic carbocycles. The third-order valence-corrected chi connectivity index (χ3v) is 4.82. The molecule has 7 nitrogen and oxygen atoms in total. The van der Waals surface area contributed by atoms with Gasteiger partial charge in [-0.15, -0.1) is 5.10 Å². The normalized spacial score (nSPS) is 17.1. The van der Waals surface area contributed by atoms with Crippen LogP contribution in [0.25, 0.3) is 5.69 Å². The molecule has 30 heavy (non-hydrogen) atoms. The minimum absolute atomic E-state index is 0.00148. The van der Waals surface area contributed by atoms with Gasteiger partial charge in [-0.2, -0.15) is 13.2 Å². The van der Waals surface area contributed by atoms with Crippen LogP contribution in [0, 0.1) is 11.7 Å². The monoisotopic (exact) mass is 427 g/mol. The van der Waals surface area contributed by atoms with Gasteiger partial charge in [0.05, 0.1) is 11.6 Å². The van der Waals surface area contributed by atoms with Crippen LogP contribution >= 0.6 is 0 Å². The zero-order valence-electron chi connectivity index (χ0n) is 16.2. The molecule has 1 unspecified atom stereocenters. The number of rotatable bonds is 5. The molecule has 2 amide bonds. The second-order valence-electron chi connectivity index (χ2n) is 7.06. The van der Waals surface area contributed by atoms with E-state index in [1.54, 1.807) is 0 Å². The molecule has 0 spiro atoms. The second-order valence-corrected chi connectivity index (χ2v) is 7.06. The van der Waals surface area contributed by atoms with Crippen LogP contribution in [0.4, 0.5) is 17.6 Å². The van der Waals surface area contributed by atoms with E-state index in [-0.39, 0.29) is 24.7 Å². The molecule has 1 saturated heterocycles. The molecular weight excluding hydrogens is 406 g/mol. The number of amides is 2. The lowest BCUT2D eigenvalue weighted by molar-refractivity contribution is -0.143. The van der Waals surface area contributed by atoms with E-state index in [0.717, 1.165) is 18.6 Å². The second kappa shape index (κ2) is 8.80. The van der Waals surface area contributed by atoms with Crippen molar-refractivity contribution in [2.75, 3.05) is 19.6 Å². The molecule has 11 heteroatoms. The lowest BCUT2D eigenvalue weighted by atomic mass is 9.96. The average molecular weight is 427 g/mol. The number of nitrogens with zero attached hydrogens (tertiary/aromatic N) is 4. The van der Waals surface area contributed by atoms with Crippen molar-refractivity contribution in [1.29, 1.82) is 0 Å². The van der Waals surface area contributed by atoms with Crippen LogP contribution in [-0.4, -0.2) is 51.3 Å². The van der Waals surface area contributed by atoms with Gasteiger partial charge in [0.2, 0.25) is 5.91 Å². The van der Waals surface area contributed by atoms with Gasteiger partial charge in [-0.1, -0.05) is 18.2 Å². The summed E-state index contributed by atoms with van der Waals surface area (Å²) in [5.41, 5.74) is -2.46. The average Bonchev–Trinajstić information content (AvgIpc) is 3.17. The number of likely N-dealkylation sites (tertiary alicyclic amines) is 1. The Morgan fingerprint density at radius 1 is 1.30 bits per heavy atom. The number of carbonyl (C=O) groups excluding carboxylic acids is 2. The highest BCUT2D eigenvalue weighted by molar-refractivity contribution is 5.94. The van der Waals surface area contributed by atoms with Crippen molar-refractivity contribution in [2.45, 2.75) is 32.4 Å². The molecule has 1 fully saturated rings. The van der Waals surface area contributed by atoms with Crippen molar-refractivity contribution in [1.82, 2.24) is 25.2 Å². The van der Waals surface area contributed by atoms with Crippen molar-refractivity contribution >= 4 is 11.8 Å². The molecule has 2 heterocycles. The molecule has 1 aromatic heterocycles. The first-order valence-electron chi connectivity index (χ1n) is 9.58. The molecule has 0 aliphatic carbocycles. The highest BCUT2D eigenvalue weighted by atomic mass is 19.4. The number of carbonyl (C=O) groups is 2. The van der Waals surface area contributed by atoms with E-state index in [2.05, 4.69) is 15.6 Å². The lowest BCUT2D eigenvalue weighted by Crippen LogP contribution is -2.46. The number of alkyl halides is 3. The van der Waals surface area contributed by atoms with Gasteiger partial charge in [0.1, 0.15) is 5.82 Å². The fourth-order valence-electron chi connectivity index (χ4n) is 3.39.